The molecule has 7 nitrogen and oxygen atoms in total. The van der Waals surface area contributed by atoms with E-state index in [1.54, 1.807) is 0 Å². The lowest BCUT2D eigenvalue weighted by Crippen LogP contribution is -2.36. The van der Waals surface area contributed by atoms with Crippen LogP contribution < -0.4 is 16.5 Å². The van der Waals surface area contributed by atoms with Crippen LogP contribution in [0.1, 0.15) is 27.9 Å². The van der Waals surface area contributed by atoms with E-state index in [9.17, 15) is 27.8 Å². The van der Waals surface area contributed by atoms with Crippen molar-refractivity contribution in [3.63, 3.8) is 0 Å². The number of fused-ring (bicyclic) bond motifs is 1. The average molecular weight is 346 g/mol. The highest BCUT2D eigenvalue weighted by molar-refractivity contribution is 6.61. The first-order valence-corrected chi connectivity index (χ1v) is 6.91. The van der Waals surface area contributed by atoms with Crippen molar-refractivity contribution >= 4 is 24.5 Å². The molecule has 0 bridgehead atoms. The molecule has 1 aromatic rings. The topological polar surface area (TPSA) is 122 Å². The molecule has 0 fully saturated rings. The van der Waals surface area contributed by atoms with E-state index >= 15 is 0 Å². The maximum atomic E-state index is 13.1. The quantitative estimate of drug-likeness (QED) is 0.531. The third kappa shape index (κ3) is 3.86. The first kappa shape index (κ1) is 18.2. The Bertz CT molecular complexity index is 668. The van der Waals surface area contributed by atoms with E-state index in [1.165, 1.54) is 0 Å². The fourth-order valence-electron chi connectivity index (χ4n) is 2.28. The van der Waals surface area contributed by atoms with Crippen molar-refractivity contribution in [3.05, 3.63) is 28.8 Å². The van der Waals surface area contributed by atoms with Crippen molar-refractivity contribution < 1.29 is 37.5 Å². The normalized spacial score (nSPS) is 15.1. The summed E-state index contributed by atoms with van der Waals surface area (Å²) < 4.78 is 44.1. The number of nitrogens with one attached hydrogen (secondary N) is 1. The van der Waals surface area contributed by atoms with Gasteiger partial charge in [0.1, 0.15) is 6.04 Å². The molecule has 1 aromatic carbocycles. The maximum Gasteiger partial charge on any atom is 0.491 e. The first-order chi connectivity index (χ1) is 11.1. The van der Waals surface area contributed by atoms with E-state index in [0.29, 0.717) is 6.07 Å². The summed E-state index contributed by atoms with van der Waals surface area (Å²) in [6, 6.07) is 0.604. The maximum absolute atomic E-state index is 13.1. The van der Waals surface area contributed by atoms with Crippen LogP contribution in [0.5, 0.6) is 0 Å². The minimum Gasteiger partial charge on any atom is -0.480 e. The van der Waals surface area contributed by atoms with Crippen LogP contribution in [-0.4, -0.2) is 41.7 Å². The van der Waals surface area contributed by atoms with Crippen LogP contribution in [0.25, 0.3) is 0 Å². The van der Waals surface area contributed by atoms with Gasteiger partial charge in [0.05, 0.1) is 12.2 Å². The largest absolute Gasteiger partial charge is 0.491 e. The van der Waals surface area contributed by atoms with Gasteiger partial charge in [0.15, 0.2) is 0 Å². The molecule has 5 N–H and O–H groups in total. The summed E-state index contributed by atoms with van der Waals surface area (Å²) in [5, 5.41) is 20.5. The number of carbonyl (C=O) groups excluding carboxylic acids is 1. The van der Waals surface area contributed by atoms with Crippen LogP contribution in [0, 0.1) is 0 Å². The highest BCUT2D eigenvalue weighted by atomic mass is 19.4. The van der Waals surface area contributed by atoms with Crippen LogP contribution in [0.4, 0.5) is 13.2 Å². The van der Waals surface area contributed by atoms with Crippen LogP contribution in [0.15, 0.2) is 12.1 Å². The summed E-state index contributed by atoms with van der Waals surface area (Å²) in [6.45, 7) is -0.523. The second-order valence-corrected chi connectivity index (χ2v) is 5.24. The van der Waals surface area contributed by atoms with E-state index in [1.807, 2.05) is 0 Å². The fraction of sp³-hybridized carbons (Fsp3) is 0.385. The molecule has 0 aromatic heterocycles. The zero-order chi connectivity index (χ0) is 18.1. The van der Waals surface area contributed by atoms with E-state index in [2.05, 4.69) is 5.32 Å². The number of alkyl halides is 3. The summed E-state index contributed by atoms with van der Waals surface area (Å²) in [5.41, 5.74) is 3.58. The van der Waals surface area contributed by atoms with E-state index in [0.717, 1.165) is 6.07 Å². The molecule has 1 atom stereocenters. The lowest BCUT2D eigenvalue weighted by Gasteiger charge is -2.14. The van der Waals surface area contributed by atoms with E-state index in [-0.39, 0.29) is 29.6 Å². The molecule has 24 heavy (non-hydrogen) atoms. The van der Waals surface area contributed by atoms with Crippen molar-refractivity contribution in [3.8, 4) is 0 Å². The number of aliphatic carboxylic acids is 1. The van der Waals surface area contributed by atoms with Gasteiger partial charge in [-0.15, -0.1) is 0 Å². The van der Waals surface area contributed by atoms with Gasteiger partial charge in [0.2, 0.25) is 0 Å². The van der Waals surface area contributed by atoms with Gasteiger partial charge in [0.25, 0.3) is 5.91 Å². The van der Waals surface area contributed by atoms with E-state index in [4.69, 9.17) is 15.5 Å². The molecule has 1 unspecified atom stereocenters. The lowest BCUT2D eigenvalue weighted by atomic mass is 9.77. The summed E-state index contributed by atoms with van der Waals surface area (Å²) in [5.74, 6) is -2.08. The van der Waals surface area contributed by atoms with Crippen LogP contribution >= 0.6 is 0 Å². The van der Waals surface area contributed by atoms with Crippen LogP contribution in [0.2, 0.25) is 0 Å². The molecule has 0 radical (unpaired) electrons. The number of rotatable bonds is 5. The van der Waals surface area contributed by atoms with Gasteiger partial charge >= 0.3 is 19.3 Å². The number of benzene rings is 1. The summed E-state index contributed by atoms with van der Waals surface area (Å²) >= 11 is 0. The van der Waals surface area contributed by atoms with Crippen LogP contribution in [-0.2, 0) is 22.2 Å². The third-order valence-corrected chi connectivity index (χ3v) is 3.56. The highest BCUT2D eigenvalue weighted by Crippen LogP contribution is 2.34. The Morgan fingerprint density at radius 1 is 1.42 bits per heavy atom. The molecule has 130 valence electrons. The number of hydrogen-bond acceptors (Lipinski definition) is 5. The molecule has 11 heteroatoms. The molecule has 1 amide bonds. The van der Waals surface area contributed by atoms with Gasteiger partial charge < -0.3 is 25.8 Å². The number of amides is 1. The van der Waals surface area contributed by atoms with E-state index < -0.39 is 43.4 Å². The molecule has 0 aliphatic carbocycles. The molecule has 1 aliphatic heterocycles. The number of carboxylic acid groups (broad SMARTS) is 1. The molecular formula is C13H14BF3N2O5. The molecule has 2 rings (SSSR count). The molecular weight excluding hydrogens is 332 g/mol. The Morgan fingerprint density at radius 3 is 2.67 bits per heavy atom. The van der Waals surface area contributed by atoms with Gasteiger partial charge in [0, 0.05) is 12.1 Å². The van der Waals surface area contributed by atoms with Gasteiger partial charge in [-0.3, -0.25) is 9.59 Å². The van der Waals surface area contributed by atoms with Crippen molar-refractivity contribution in [2.45, 2.75) is 25.2 Å². The second kappa shape index (κ2) is 6.79. The second-order valence-electron chi connectivity index (χ2n) is 5.24. The average Bonchev–Trinajstić information content (AvgIpc) is 2.86. The number of halogens is 3. The minimum atomic E-state index is -4.71. The van der Waals surface area contributed by atoms with Gasteiger partial charge in [-0.25, -0.2) is 0 Å². The predicted molar refractivity (Wildman–Crippen MR) is 76.4 cm³/mol. The third-order valence-electron chi connectivity index (χ3n) is 3.56. The zero-order valence-corrected chi connectivity index (χ0v) is 12.3. The molecule has 0 saturated heterocycles. The summed E-state index contributed by atoms with van der Waals surface area (Å²) in [6.07, 6.45) is -4.79. The number of hydrogen-bond donors (Lipinski definition) is 4. The molecule has 0 spiro atoms. The van der Waals surface area contributed by atoms with Gasteiger partial charge in [-0.2, -0.15) is 13.2 Å². The monoisotopic (exact) mass is 346 g/mol. The molecule has 0 saturated carbocycles. The van der Waals surface area contributed by atoms with Crippen molar-refractivity contribution in [2.24, 2.45) is 5.73 Å². The van der Waals surface area contributed by atoms with Gasteiger partial charge in [-0.05, 0) is 29.6 Å². The SMILES string of the molecule is NC(CCNC(=O)c1cc2c(c(C(F)(F)F)c1)COB2O)C(=O)O. The van der Waals surface area contributed by atoms with Crippen molar-refractivity contribution in [1.29, 1.82) is 0 Å². The Balaban J connectivity index is 2.20. The standard InChI is InChI=1S/C13H14BF3N2O5/c15-13(16,17)8-3-6(4-9-7(8)5-24-14(9)23)11(20)19-2-1-10(18)12(21)22/h3-4,10,23H,1-2,5,18H2,(H,19,20)(H,21,22). The van der Waals surface area contributed by atoms with Crippen molar-refractivity contribution in [1.82, 2.24) is 5.32 Å². The zero-order valence-electron chi connectivity index (χ0n) is 12.3. The Hall–Kier alpha value is -2.11. The Morgan fingerprint density at radius 2 is 2.08 bits per heavy atom. The first-order valence-electron chi connectivity index (χ1n) is 6.91. The summed E-state index contributed by atoms with van der Waals surface area (Å²) in [7, 11) is -1.53. The lowest BCUT2D eigenvalue weighted by molar-refractivity contribution is -0.139. The smallest absolute Gasteiger partial charge is 0.480 e. The number of carboxylic acids is 1. The molecule has 1 aliphatic rings. The summed E-state index contributed by atoms with van der Waals surface area (Å²) in [4.78, 5) is 22.6. The van der Waals surface area contributed by atoms with Crippen molar-refractivity contribution in [2.75, 3.05) is 6.54 Å². The fourth-order valence-corrected chi connectivity index (χ4v) is 2.28. The predicted octanol–water partition coefficient (Wildman–Crippen LogP) is -0.545. The Kier molecular flexibility index (Phi) is 5.16. The number of nitrogens with two attached hydrogens (primary N) is 1. The minimum absolute atomic E-state index is 0.0795. The highest BCUT2D eigenvalue weighted by Gasteiger charge is 2.40. The van der Waals surface area contributed by atoms with Crippen LogP contribution in [0.3, 0.4) is 0 Å². The number of carbonyl (C=O) groups is 2. The van der Waals surface area contributed by atoms with Gasteiger partial charge in [-0.1, -0.05) is 0 Å². The molecule has 1 heterocycles. The Labute approximate surface area is 134 Å².